The molecule has 2 N–H and O–H groups in total. The average Bonchev–Trinajstić information content (AvgIpc) is 2.81. The van der Waals surface area contributed by atoms with E-state index in [1.807, 2.05) is 0 Å². The van der Waals surface area contributed by atoms with E-state index >= 15 is 0 Å². The van der Waals surface area contributed by atoms with E-state index in [4.69, 9.17) is 4.74 Å². The van der Waals surface area contributed by atoms with E-state index in [2.05, 4.69) is 10.6 Å². The standard InChI is InChI=1S/C12H15FN2O2/c1-17-10-4-2-3-9(13)11(10)12(16)15-8-5-6-14-7-8/h2-4,8,14H,5-7H2,1H3,(H,15,16)/t8-/m1/s1. The third-order valence-electron chi connectivity index (χ3n) is 2.82. The summed E-state index contributed by atoms with van der Waals surface area (Å²) in [6.07, 6.45) is 0.864. The van der Waals surface area contributed by atoms with Crippen LogP contribution in [-0.4, -0.2) is 32.1 Å². The highest BCUT2D eigenvalue weighted by Crippen LogP contribution is 2.21. The number of benzene rings is 1. The van der Waals surface area contributed by atoms with Crippen molar-refractivity contribution < 1.29 is 13.9 Å². The van der Waals surface area contributed by atoms with Gasteiger partial charge in [-0.25, -0.2) is 4.39 Å². The highest BCUT2D eigenvalue weighted by molar-refractivity contribution is 5.97. The summed E-state index contributed by atoms with van der Waals surface area (Å²) in [5.41, 5.74) is -0.0260. The van der Waals surface area contributed by atoms with Crippen molar-refractivity contribution in [2.24, 2.45) is 0 Å². The molecule has 0 radical (unpaired) electrons. The highest BCUT2D eigenvalue weighted by Gasteiger charge is 2.22. The minimum Gasteiger partial charge on any atom is -0.496 e. The molecule has 1 saturated heterocycles. The van der Waals surface area contributed by atoms with E-state index in [9.17, 15) is 9.18 Å². The smallest absolute Gasteiger partial charge is 0.258 e. The Morgan fingerprint density at radius 3 is 3.06 bits per heavy atom. The summed E-state index contributed by atoms with van der Waals surface area (Å²) < 4.78 is 18.6. The molecule has 1 heterocycles. The molecule has 0 unspecified atom stereocenters. The first-order valence-electron chi connectivity index (χ1n) is 5.56. The normalized spacial score (nSPS) is 19.1. The second-order valence-corrected chi connectivity index (χ2v) is 3.98. The molecule has 2 rings (SSSR count). The first-order chi connectivity index (χ1) is 8.22. The summed E-state index contributed by atoms with van der Waals surface area (Å²) in [6, 6.07) is 4.41. The fraction of sp³-hybridized carbons (Fsp3) is 0.417. The van der Waals surface area contributed by atoms with E-state index < -0.39 is 11.7 Å². The Bertz CT molecular complexity index is 417. The molecule has 1 amide bonds. The van der Waals surface area contributed by atoms with Gasteiger partial charge in [0.1, 0.15) is 17.1 Å². The summed E-state index contributed by atoms with van der Waals surface area (Å²) in [5.74, 6) is -0.727. The van der Waals surface area contributed by atoms with Crippen LogP contribution < -0.4 is 15.4 Å². The number of carbonyl (C=O) groups excluding carboxylic acids is 1. The molecule has 5 heteroatoms. The number of hydrogen-bond acceptors (Lipinski definition) is 3. The third kappa shape index (κ3) is 2.55. The molecule has 4 nitrogen and oxygen atoms in total. The van der Waals surface area contributed by atoms with Gasteiger partial charge in [-0.15, -0.1) is 0 Å². The van der Waals surface area contributed by atoms with Crippen LogP contribution in [0.3, 0.4) is 0 Å². The average molecular weight is 238 g/mol. The first-order valence-corrected chi connectivity index (χ1v) is 5.56. The molecule has 1 atom stereocenters. The van der Waals surface area contributed by atoms with E-state index in [1.54, 1.807) is 6.07 Å². The zero-order chi connectivity index (χ0) is 12.3. The molecule has 0 saturated carbocycles. The number of methoxy groups -OCH3 is 1. The van der Waals surface area contributed by atoms with Crippen LogP contribution in [0.2, 0.25) is 0 Å². The largest absolute Gasteiger partial charge is 0.496 e. The molecule has 1 aromatic rings. The quantitative estimate of drug-likeness (QED) is 0.823. The van der Waals surface area contributed by atoms with Crippen LogP contribution in [-0.2, 0) is 0 Å². The Morgan fingerprint density at radius 1 is 1.59 bits per heavy atom. The number of rotatable bonds is 3. The molecule has 0 aliphatic carbocycles. The summed E-state index contributed by atoms with van der Waals surface area (Å²) in [5, 5.41) is 5.92. The van der Waals surface area contributed by atoms with Gasteiger partial charge < -0.3 is 15.4 Å². The van der Waals surface area contributed by atoms with Gasteiger partial charge in [0.25, 0.3) is 5.91 Å². The van der Waals surface area contributed by atoms with Crippen LogP contribution in [0.25, 0.3) is 0 Å². The van der Waals surface area contributed by atoms with Gasteiger partial charge in [-0.05, 0) is 25.1 Å². The van der Waals surface area contributed by atoms with Crippen molar-refractivity contribution in [2.75, 3.05) is 20.2 Å². The fourth-order valence-electron chi connectivity index (χ4n) is 1.93. The van der Waals surface area contributed by atoms with Crippen molar-refractivity contribution in [3.63, 3.8) is 0 Å². The maximum absolute atomic E-state index is 13.6. The van der Waals surface area contributed by atoms with Gasteiger partial charge in [0.15, 0.2) is 0 Å². The second-order valence-electron chi connectivity index (χ2n) is 3.98. The zero-order valence-electron chi connectivity index (χ0n) is 9.63. The maximum Gasteiger partial charge on any atom is 0.258 e. The van der Waals surface area contributed by atoms with Crippen LogP contribution in [0.1, 0.15) is 16.8 Å². The van der Waals surface area contributed by atoms with Gasteiger partial charge >= 0.3 is 0 Å². The summed E-state index contributed by atoms with van der Waals surface area (Å²) in [6.45, 7) is 1.60. The van der Waals surface area contributed by atoms with Crippen LogP contribution in [0.4, 0.5) is 4.39 Å². The van der Waals surface area contributed by atoms with Gasteiger partial charge in [-0.3, -0.25) is 4.79 Å². The van der Waals surface area contributed by atoms with Gasteiger partial charge in [0.05, 0.1) is 7.11 Å². The Hall–Kier alpha value is -1.62. The SMILES string of the molecule is COc1cccc(F)c1C(=O)N[C@@H]1CCNC1. The van der Waals surface area contributed by atoms with Crippen molar-refractivity contribution in [1.82, 2.24) is 10.6 Å². The second kappa shape index (κ2) is 5.14. The number of ether oxygens (including phenoxy) is 1. The molecule has 0 spiro atoms. The summed E-state index contributed by atoms with van der Waals surface area (Å²) in [4.78, 5) is 11.9. The highest BCUT2D eigenvalue weighted by atomic mass is 19.1. The minimum absolute atomic E-state index is 0.0260. The number of halogens is 1. The molecule has 92 valence electrons. The molecule has 0 aromatic heterocycles. The van der Waals surface area contributed by atoms with Crippen LogP contribution in [0.15, 0.2) is 18.2 Å². The number of hydrogen-bond donors (Lipinski definition) is 2. The maximum atomic E-state index is 13.6. The predicted octanol–water partition coefficient (Wildman–Crippen LogP) is 0.926. The Balaban J connectivity index is 2.17. The topological polar surface area (TPSA) is 50.4 Å². The van der Waals surface area contributed by atoms with E-state index in [1.165, 1.54) is 19.2 Å². The lowest BCUT2D eigenvalue weighted by Gasteiger charge is -2.13. The summed E-state index contributed by atoms with van der Waals surface area (Å²) >= 11 is 0. The first kappa shape index (κ1) is 11.9. The lowest BCUT2D eigenvalue weighted by atomic mass is 10.1. The Morgan fingerprint density at radius 2 is 2.41 bits per heavy atom. The van der Waals surface area contributed by atoms with Crippen LogP contribution in [0.5, 0.6) is 5.75 Å². The number of carbonyl (C=O) groups is 1. The van der Waals surface area contributed by atoms with E-state index in [0.29, 0.717) is 0 Å². The van der Waals surface area contributed by atoms with Gasteiger partial charge in [0, 0.05) is 12.6 Å². The van der Waals surface area contributed by atoms with Gasteiger partial charge in [0.2, 0.25) is 0 Å². The predicted molar refractivity (Wildman–Crippen MR) is 61.7 cm³/mol. The minimum atomic E-state index is -0.562. The lowest BCUT2D eigenvalue weighted by molar-refractivity contribution is 0.0932. The number of nitrogens with one attached hydrogen (secondary N) is 2. The van der Waals surface area contributed by atoms with Gasteiger partial charge in [-0.1, -0.05) is 6.07 Å². The number of amides is 1. The zero-order valence-corrected chi connectivity index (χ0v) is 9.63. The molecule has 1 aromatic carbocycles. The lowest BCUT2D eigenvalue weighted by Crippen LogP contribution is -2.36. The molecule has 1 aliphatic rings. The van der Waals surface area contributed by atoms with Crippen LogP contribution >= 0.6 is 0 Å². The van der Waals surface area contributed by atoms with Crippen molar-refractivity contribution in [3.05, 3.63) is 29.6 Å². The fourth-order valence-corrected chi connectivity index (χ4v) is 1.93. The van der Waals surface area contributed by atoms with Crippen molar-refractivity contribution >= 4 is 5.91 Å². The van der Waals surface area contributed by atoms with Crippen molar-refractivity contribution in [3.8, 4) is 5.75 Å². The third-order valence-corrected chi connectivity index (χ3v) is 2.82. The van der Waals surface area contributed by atoms with Crippen LogP contribution in [0, 0.1) is 5.82 Å². The Kier molecular flexibility index (Phi) is 3.58. The van der Waals surface area contributed by atoms with E-state index in [-0.39, 0.29) is 17.4 Å². The molecule has 17 heavy (non-hydrogen) atoms. The summed E-state index contributed by atoms with van der Waals surface area (Å²) in [7, 11) is 1.42. The Labute approximate surface area is 99.2 Å². The molecule has 1 fully saturated rings. The molecular weight excluding hydrogens is 223 g/mol. The molecular formula is C12H15FN2O2. The van der Waals surface area contributed by atoms with E-state index in [0.717, 1.165) is 19.5 Å². The van der Waals surface area contributed by atoms with Crippen molar-refractivity contribution in [2.45, 2.75) is 12.5 Å². The van der Waals surface area contributed by atoms with Crippen molar-refractivity contribution in [1.29, 1.82) is 0 Å². The van der Waals surface area contributed by atoms with Gasteiger partial charge in [-0.2, -0.15) is 0 Å². The monoisotopic (exact) mass is 238 g/mol. The molecule has 1 aliphatic heterocycles. The molecule has 0 bridgehead atoms.